The Bertz CT molecular complexity index is 182. The Labute approximate surface area is 76.7 Å². The normalized spacial score (nSPS) is 17.1. The maximum Gasteiger partial charge on any atom is -0.00705 e. The first-order valence-corrected chi connectivity index (χ1v) is 4.73. The van der Waals surface area contributed by atoms with Crippen molar-refractivity contribution in [3.05, 3.63) is 35.5 Å². The Kier molecular flexibility index (Phi) is 5.44. The smallest absolute Gasteiger partial charge is 0.00705 e. The summed E-state index contributed by atoms with van der Waals surface area (Å²) in [5, 5.41) is 0. The van der Waals surface area contributed by atoms with Gasteiger partial charge < -0.3 is 0 Å². The van der Waals surface area contributed by atoms with Gasteiger partial charge in [0, 0.05) is 0 Å². The van der Waals surface area contributed by atoms with Crippen LogP contribution in [-0.2, 0) is 0 Å². The molecule has 0 aliphatic heterocycles. The second-order valence-electron chi connectivity index (χ2n) is 3.01. The summed E-state index contributed by atoms with van der Waals surface area (Å²) in [6, 6.07) is 0. The minimum absolute atomic E-state index is 0.593. The minimum Gasteiger partial charge on any atom is -0.0749 e. The molecule has 0 unspecified atom stereocenters. The summed E-state index contributed by atoms with van der Waals surface area (Å²) in [7, 11) is 0. The largest absolute Gasteiger partial charge is 0.0749 e. The first-order valence-electron chi connectivity index (χ1n) is 4.73. The van der Waals surface area contributed by atoms with Crippen LogP contribution in [0.3, 0.4) is 0 Å². The summed E-state index contributed by atoms with van der Waals surface area (Å²) in [6.07, 6.45) is 8.87. The maximum absolute atomic E-state index is 2.27. The number of rotatable bonds is 0. The van der Waals surface area contributed by atoms with Crippen LogP contribution in [0.5, 0.6) is 0 Å². The zero-order chi connectivity index (χ0) is 9.56. The van der Waals surface area contributed by atoms with Gasteiger partial charge in [-0.15, -0.1) is 0 Å². The molecule has 12 heavy (non-hydrogen) atoms. The summed E-state index contributed by atoms with van der Waals surface area (Å²) in [5.74, 6) is 0.593. The Hall–Kier alpha value is -0.780. The van der Waals surface area contributed by atoms with E-state index in [1.807, 2.05) is 13.8 Å². The van der Waals surface area contributed by atoms with Crippen LogP contribution in [0.15, 0.2) is 35.5 Å². The number of hydrogen-bond donors (Lipinski definition) is 0. The van der Waals surface area contributed by atoms with Crippen molar-refractivity contribution in [3.8, 4) is 0 Å². The van der Waals surface area contributed by atoms with E-state index in [1.165, 1.54) is 11.1 Å². The van der Waals surface area contributed by atoms with Gasteiger partial charge in [0.15, 0.2) is 0 Å². The van der Waals surface area contributed by atoms with E-state index in [9.17, 15) is 0 Å². The third-order valence-electron chi connectivity index (χ3n) is 1.66. The molecule has 0 nitrogen and oxygen atoms in total. The van der Waals surface area contributed by atoms with Gasteiger partial charge in [-0.05, 0) is 19.8 Å². The Morgan fingerprint density at radius 3 is 1.58 bits per heavy atom. The molecule has 1 aliphatic rings. The summed E-state index contributed by atoms with van der Waals surface area (Å²) in [5.41, 5.74) is 2.72. The van der Waals surface area contributed by atoms with Gasteiger partial charge in [-0.1, -0.05) is 56.2 Å². The molecule has 0 fully saturated rings. The molecule has 0 aromatic heterocycles. The second-order valence-corrected chi connectivity index (χ2v) is 3.01. The van der Waals surface area contributed by atoms with Crippen molar-refractivity contribution in [1.29, 1.82) is 0 Å². The van der Waals surface area contributed by atoms with Crippen LogP contribution in [0, 0.1) is 5.92 Å². The van der Waals surface area contributed by atoms with E-state index >= 15 is 0 Å². The quantitative estimate of drug-likeness (QED) is 0.505. The van der Waals surface area contributed by atoms with Crippen molar-refractivity contribution >= 4 is 0 Å². The molecule has 0 bridgehead atoms. The molecular weight excluding hydrogens is 144 g/mol. The molecule has 0 amide bonds. The van der Waals surface area contributed by atoms with E-state index in [1.54, 1.807) is 0 Å². The molecule has 0 saturated carbocycles. The first-order chi connectivity index (χ1) is 5.68. The van der Waals surface area contributed by atoms with Gasteiger partial charge in [0.2, 0.25) is 0 Å². The lowest BCUT2D eigenvalue weighted by Gasteiger charge is -1.96. The van der Waals surface area contributed by atoms with Crippen LogP contribution in [0.25, 0.3) is 0 Å². The maximum atomic E-state index is 2.27. The van der Waals surface area contributed by atoms with Gasteiger partial charge >= 0.3 is 0 Å². The molecule has 0 radical (unpaired) electrons. The fourth-order valence-corrected chi connectivity index (χ4v) is 1.25. The predicted octanol–water partition coefficient (Wildman–Crippen LogP) is 4.11. The second kappa shape index (κ2) is 5.82. The van der Waals surface area contributed by atoms with Gasteiger partial charge in [-0.2, -0.15) is 0 Å². The van der Waals surface area contributed by atoms with E-state index in [0.717, 1.165) is 0 Å². The monoisotopic (exact) mass is 164 g/mol. The van der Waals surface area contributed by atoms with Crippen LogP contribution in [0.1, 0.15) is 34.6 Å². The molecule has 1 aliphatic carbocycles. The standard InChI is InChI=1S/C10H14.C2H6/c1-8-4-5-9(2)7-10(3)6-8;1-2/h4-7,10H,1-3H3;1-2H3. The Morgan fingerprint density at radius 2 is 1.25 bits per heavy atom. The molecule has 1 rings (SSSR count). The molecule has 0 heteroatoms. The van der Waals surface area contributed by atoms with Crippen molar-refractivity contribution in [2.75, 3.05) is 0 Å². The summed E-state index contributed by atoms with van der Waals surface area (Å²) in [6.45, 7) is 10.5. The third-order valence-corrected chi connectivity index (χ3v) is 1.66. The van der Waals surface area contributed by atoms with Gasteiger partial charge in [0.25, 0.3) is 0 Å². The minimum atomic E-state index is 0.593. The van der Waals surface area contributed by atoms with Gasteiger partial charge in [0.1, 0.15) is 0 Å². The average Bonchev–Trinajstić information content (AvgIpc) is 2.16. The Morgan fingerprint density at radius 1 is 0.917 bits per heavy atom. The third kappa shape index (κ3) is 4.17. The highest BCUT2D eigenvalue weighted by Crippen LogP contribution is 2.13. The fourth-order valence-electron chi connectivity index (χ4n) is 1.25. The lowest BCUT2D eigenvalue weighted by Crippen LogP contribution is -1.82. The van der Waals surface area contributed by atoms with E-state index in [4.69, 9.17) is 0 Å². The molecule has 0 N–H and O–H groups in total. The number of hydrogen-bond acceptors (Lipinski definition) is 0. The van der Waals surface area contributed by atoms with Crippen LogP contribution in [0.2, 0.25) is 0 Å². The van der Waals surface area contributed by atoms with Crippen molar-refractivity contribution in [2.45, 2.75) is 34.6 Å². The summed E-state index contributed by atoms with van der Waals surface area (Å²) < 4.78 is 0. The molecule has 0 aromatic carbocycles. The van der Waals surface area contributed by atoms with Crippen LogP contribution < -0.4 is 0 Å². The van der Waals surface area contributed by atoms with Gasteiger partial charge in [-0.3, -0.25) is 0 Å². The van der Waals surface area contributed by atoms with E-state index in [0.29, 0.717) is 5.92 Å². The van der Waals surface area contributed by atoms with Crippen molar-refractivity contribution in [1.82, 2.24) is 0 Å². The lowest BCUT2D eigenvalue weighted by atomic mass is 10.1. The molecule has 0 heterocycles. The van der Waals surface area contributed by atoms with Crippen molar-refractivity contribution in [3.63, 3.8) is 0 Å². The lowest BCUT2D eigenvalue weighted by molar-refractivity contribution is 0.925. The van der Waals surface area contributed by atoms with Crippen LogP contribution >= 0.6 is 0 Å². The topological polar surface area (TPSA) is 0 Å². The fraction of sp³-hybridized carbons (Fsp3) is 0.500. The Balaban J connectivity index is 0.000000561. The zero-order valence-electron chi connectivity index (χ0n) is 8.89. The molecule has 0 aromatic rings. The van der Waals surface area contributed by atoms with Gasteiger partial charge in [0.05, 0.1) is 0 Å². The van der Waals surface area contributed by atoms with E-state index in [-0.39, 0.29) is 0 Å². The first kappa shape index (κ1) is 11.2. The van der Waals surface area contributed by atoms with Crippen molar-refractivity contribution in [2.24, 2.45) is 5.92 Å². The zero-order valence-corrected chi connectivity index (χ0v) is 8.89. The predicted molar refractivity (Wildman–Crippen MR) is 57.2 cm³/mol. The van der Waals surface area contributed by atoms with Gasteiger partial charge in [-0.25, -0.2) is 0 Å². The molecule has 0 spiro atoms. The highest BCUT2D eigenvalue weighted by atomic mass is 14.0. The molecule has 0 atom stereocenters. The SMILES string of the molecule is CC.CC1=CC(C)C=C(C)C=C1. The molecular formula is C12H20. The van der Waals surface area contributed by atoms with E-state index in [2.05, 4.69) is 45.1 Å². The summed E-state index contributed by atoms with van der Waals surface area (Å²) >= 11 is 0. The number of allylic oxidation sites excluding steroid dienone is 6. The highest BCUT2D eigenvalue weighted by molar-refractivity contribution is 5.31. The van der Waals surface area contributed by atoms with E-state index < -0.39 is 0 Å². The molecule has 0 saturated heterocycles. The average molecular weight is 164 g/mol. The van der Waals surface area contributed by atoms with Crippen LogP contribution in [0.4, 0.5) is 0 Å². The van der Waals surface area contributed by atoms with Crippen LogP contribution in [-0.4, -0.2) is 0 Å². The highest BCUT2D eigenvalue weighted by Gasteiger charge is 1.96. The summed E-state index contributed by atoms with van der Waals surface area (Å²) in [4.78, 5) is 0. The molecule has 68 valence electrons. The van der Waals surface area contributed by atoms with Crippen molar-refractivity contribution < 1.29 is 0 Å².